The minimum atomic E-state index is 0.0885. The highest BCUT2D eigenvalue weighted by Crippen LogP contribution is 2.29. The van der Waals surface area contributed by atoms with E-state index in [0.717, 1.165) is 35.6 Å². The quantitative estimate of drug-likeness (QED) is 0.786. The molecule has 2 aromatic rings. The van der Waals surface area contributed by atoms with Crippen LogP contribution in [0.1, 0.15) is 29.7 Å². The number of benzene rings is 2. The fourth-order valence-corrected chi connectivity index (χ4v) is 2.53. The lowest BCUT2D eigenvalue weighted by molar-refractivity contribution is 0.282. The molecule has 1 unspecified atom stereocenters. The number of methoxy groups -OCH3 is 2. The molecule has 0 aliphatic carbocycles. The van der Waals surface area contributed by atoms with Crippen LogP contribution in [-0.4, -0.2) is 25.9 Å². The van der Waals surface area contributed by atoms with Gasteiger partial charge < -0.3 is 19.9 Å². The zero-order chi connectivity index (χ0) is 16.7. The molecule has 2 rings (SSSR count). The van der Waals surface area contributed by atoms with Crippen molar-refractivity contribution in [2.24, 2.45) is 0 Å². The van der Waals surface area contributed by atoms with Crippen LogP contribution in [0.4, 0.5) is 0 Å². The van der Waals surface area contributed by atoms with Crippen molar-refractivity contribution in [3.8, 4) is 11.5 Å². The molecule has 0 radical (unpaired) electrons. The lowest BCUT2D eigenvalue weighted by Crippen LogP contribution is -2.22. The number of ether oxygens (including phenoxy) is 2. The van der Waals surface area contributed by atoms with Crippen molar-refractivity contribution in [3.63, 3.8) is 0 Å². The molecule has 0 fully saturated rings. The molecule has 0 bridgehead atoms. The summed E-state index contributed by atoms with van der Waals surface area (Å²) in [4.78, 5) is 0. The van der Waals surface area contributed by atoms with Crippen LogP contribution in [0.25, 0.3) is 0 Å². The Balaban J connectivity index is 1.94. The number of rotatable bonds is 8. The van der Waals surface area contributed by atoms with Crippen LogP contribution in [0.15, 0.2) is 42.5 Å². The minimum absolute atomic E-state index is 0.0885. The third-order valence-electron chi connectivity index (χ3n) is 3.97. The van der Waals surface area contributed by atoms with E-state index >= 15 is 0 Å². The molecule has 0 aliphatic rings. The van der Waals surface area contributed by atoms with Crippen molar-refractivity contribution in [3.05, 3.63) is 59.2 Å². The first-order chi connectivity index (χ1) is 11.2. The molecule has 0 spiro atoms. The molecule has 0 aliphatic heterocycles. The standard InChI is InChI=1S/C19H25NO3/c1-14(18-12-17(22-2)8-9-19(18)23-3)20-11-10-15-4-6-16(13-21)7-5-15/h4-9,12,14,20-21H,10-11,13H2,1-3H3. The van der Waals surface area contributed by atoms with E-state index in [1.807, 2.05) is 30.3 Å². The van der Waals surface area contributed by atoms with E-state index in [-0.39, 0.29) is 12.6 Å². The maximum atomic E-state index is 9.06. The summed E-state index contributed by atoms with van der Waals surface area (Å²) >= 11 is 0. The Morgan fingerprint density at radius 2 is 1.70 bits per heavy atom. The van der Waals surface area contributed by atoms with Crippen molar-refractivity contribution in [2.75, 3.05) is 20.8 Å². The summed E-state index contributed by atoms with van der Waals surface area (Å²) in [5.41, 5.74) is 3.28. The van der Waals surface area contributed by atoms with E-state index in [9.17, 15) is 0 Å². The van der Waals surface area contributed by atoms with Crippen molar-refractivity contribution < 1.29 is 14.6 Å². The maximum absolute atomic E-state index is 9.06. The molecule has 4 heteroatoms. The van der Waals surface area contributed by atoms with Gasteiger partial charge in [0.1, 0.15) is 11.5 Å². The number of hydrogen-bond donors (Lipinski definition) is 2. The van der Waals surface area contributed by atoms with E-state index in [1.54, 1.807) is 14.2 Å². The van der Waals surface area contributed by atoms with Gasteiger partial charge in [-0.1, -0.05) is 24.3 Å². The largest absolute Gasteiger partial charge is 0.497 e. The molecule has 2 aromatic carbocycles. The summed E-state index contributed by atoms with van der Waals surface area (Å²) in [5.74, 6) is 1.69. The normalized spacial score (nSPS) is 12.0. The van der Waals surface area contributed by atoms with Crippen LogP contribution in [0.5, 0.6) is 11.5 Å². The highest BCUT2D eigenvalue weighted by Gasteiger charge is 2.12. The van der Waals surface area contributed by atoms with Gasteiger partial charge >= 0.3 is 0 Å². The Bertz CT molecular complexity index is 611. The second-order valence-electron chi connectivity index (χ2n) is 5.51. The Morgan fingerprint density at radius 1 is 1.00 bits per heavy atom. The highest BCUT2D eigenvalue weighted by molar-refractivity contribution is 5.42. The first-order valence-corrected chi connectivity index (χ1v) is 7.82. The van der Waals surface area contributed by atoms with Crippen molar-refractivity contribution >= 4 is 0 Å². The fraction of sp³-hybridized carbons (Fsp3) is 0.368. The van der Waals surface area contributed by atoms with Crippen molar-refractivity contribution in [1.82, 2.24) is 5.32 Å². The molecule has 2 N–H and O–H groups in total. The van der Waals surface area contributed by atoms with E-state index in [4.69, 9.17) is 14.6 Å². The Kier molecular flexibility index (Phi) is 6.44. The molecule has 0 aromatic heterocycles. The van der Waals surface area contributed by atoms with Crippen molar-refractivity contribution in [2.45, 2.75) is 26.0 Å². The summed E-state index contributed by atoms with van der Waals surface area (Å²) in [5, 5.41) is 12.6. The smallest absolute Gasteiger partial charge is 0.123 e. The maximum Gasteiger partial charge on any atom is 0.123 e. The predicted molar refractivity (Wildman–Crippen MR) is 92.0 cm³/mol. The number of aliphatic hydroxyl groups is 1. The zero-order valence-electron chi connectivity index (χ0n) is 14.0. The van der Waals surface area contributed by atoms with Gasteiger partial charge in [0.15, 0.2) is 0 Å². The minimum Gasteiger partial charge on any atom is -0.497 e. The summed E-state index contributed by atoms with van der Waals surface area (Å²) in [6.07, 6.45) is 0.933. The Hall–Kier alpha value is -2.04. The van der Waals surface area contributed by atoms with Gasteiger partial charge in [0.25, 0.3) is 0 Å². The van der Waals surface area contributed by atoms with E-state index < -0.39 is 0 Å². The second-order valence-corrected chi connectivity index (χ2v) is 5.51. The van der Waals surface area contributed by atoms with Gasteiger partial charge in [0.05, 0.1) is 20.8 Å². The number of aliphatic hydroxyl groups excluding tert-OH is 1. The van der Waals surface area contributed by atoms with E-state index in [2.05, 4.69) is 24.4 Å². The average Bonchev–Trinajstić information content (AvgIpc) is 2.61. The lowest BCUT2D eigenvalue weighted by Gasteiger charge is -2.18. The van der Waals surface area contributed by atoms with Gasteiger partial charge in [0, 0.05) is 11.6 Å². The first kappa shape index (κ1) is 17.3. The molecule has 0 saturated heterocycles. The third kappa shape index (κ3) is 4.71. The van der Waals surface area contributed by atoms with E-state index in [0.29, 0.717) is 0 Å². The van der Waals surface area contributed by atoms with E-state index in [1.165, 1.54) is 5.56 Å². The fourth-order valence-electron chi connectivity index (χ4n) is 2.53. The zero-order valence-corrected chi connectivity index (χ0v) is 14.0. The van der Waals surface area contributed by atoms with Gasteiger partial charge in [-0.05, 0) is 49.2 Å². The van der Waals surface area contributed by atoms with Crippen LogP contribution in [0.3, 0.4) is 0 Å². The molecule has 124 valence electrons. The molecular weight excluding hydrogens is 290 g/mol. The van der Waals surface area contributed by atoms with Crippen LogP contribution in [-0.2, 0) is 13.0 Å². The topological polar surface area (TPSA) is 50.7 Å². The van der Waals surface area contributed by atoms with Crippen LogP contribution >= 0.6 is 0 Å². The van der Waals surface area contributed by atoms with Crippen LogP contribution in [0.2, 0.25) is 0 Å². The molecule has 0 saturated carbocycles. The lowest BCUT2D eigenvalue weighted by atomic mass is 10.1. The summed E-state index contributed by atoms with van der Waals surface area (Å²) in [6.45, 7) is 3.07. The Morgan fingerprint density at radius 3 is 2.30 bits per heavy atom. The monoisotopic (exact) mass is 315 g/mol. The molecule has 0 amide bonds. The molecule has 23 heavy (non-hydrogen) atoms. The van der Waals surface area contributed by atoms with Gasteiger partial charge in [-0.15, -0.1) is 0 Å². The highest BCUT2D eigenvalue weighted by atomic mass is 16.5. The van der Waals surface area contributed by atoms with Crippen LogP contribution in [0, 0.1) is 0 Å². The van der Waals surface area contributed by atoms with Gasteiger partial charge in [0.2, 0.25) is 0 Å². The van der Waals surface area contributed by atoms with Gasteiger partial charge in [-0.3, -0.25) is 0 Å². The second kappa shape index (κ2) is 8.56. The first-order valence-electron chi connectivity index (χ1n) is 7.82. The SMILES string of the molecule is COc1ccc(OC)c(C(C)NCCc2ccc(CO)cc2)c1. The predicted octanol–water partition coefficient (Wildman–Crippen LogP) is 3.09. The number of nitrogens with one attached hydrogen (secondary N) is 1. The van der Waals surface area contributed by atoms with Gasteiger partial charge in [-0.25, -0.2) is 0 Å². The summed E-state index contributed by atoms with van der Waals surface area (Å²) in [6, 6.07) is 14.0. The average molecular weight is 315 g/mol. The number of hydrogen-bond acceptors (Lipinski definition) is 4. The molecule has 4 nitrogen and oxygen atoms in total. The summed E-state index contributed by atoms with van der Waals surface area (Å²) in [7, 11) is 3.35. The molecule has 0 heterocycles. The summed E-state index contributed by atoms with van der Waals surface area (Å²) < 4.78 is 10.7. The van der Waals surface area contributed by atoms with Crippen LogP contribution < -0.4 is 14.8 Å². The van der Waals surface area contributed by atoms with Gasteiger partial charge in [-0.2, -0.15) is 0 Å². The molecule has 1 atom stereocenters. The molecular formula is C19H25NO3. The van der Waals surface area contributed by atoms with Crippen molar-refractivity contribution in [1.29, 1.82) is 0 Å². The Labute approximate surface area is 138 Å². The third-order valence-corrected chi connectivity index (χ3v) is 3.97.